The Morgan fingerprint density at radius 3 is 2.89 bits per heavy atom. The van der Waals surface area contributed by atoms with Crippen molar-refractivity contribution in [1.29, 1.82) is 0 Å². The van der Waals surface area contributed by atoms with Crippen molar-refractivity contribution in [1.82, 2.24) is 4.90 Å². The standard InChI is InChI=1S/C14H28N2O2/c1-4-14(3)9-12(5-7-18-14)16-6-8-17-13(10-16)11(2)15/h11-13H,4-10,15H2,1-3H3. The number of morpholine rings is 1. The molecule has 2 rings (SSSR count). The van der Waals surface area contributed by atoms with E-state index < -0.39 is 0 Å². The SMILES string of the molecule is CCC1(C)CC(N2CCOC(C(C)N)C2)CCO1. The summed E-state index contributed by atoms with van der Waals surface area (Å²) in [6.07, 6.45) is 3.55. The van der Waals surface area contributed by atoms with Crippen LogP contribution in [0.3, 0.4) is 0 Å². The van der Waals surface area contributed by atoms with Gasteiger partial charge in [0.1, 0.15) is 0 Å². The largest absolute Gasteiger partial charge is 0.375 e. The summed E-state index contributed by atoms with van der Waals surface area (Å²) in [5.41, 5.74) is 6.02. The number of nitrogens with zero attached hydrogens (tertiary/aromatic N) is 1. The van der Waals surface area contributed by atoms with Gasteiger partial charge in [0.05, 0.1) is 18.3 Å². The van der Waals surface area contributed by atoms with E-state index in [1.165, 1.54) is 0 Å². The van der Waals surface area contributed by atoms with Gasteiger partial charge in [-0.1, -0.05) is 6.92 Å². The number of ether oxygens (including phenoxy) is 2. The first kappa shape index (κ1) is 14.3. The molecule has 0 aliphatic carbocycles. The average Bonchev–Trinajstić information content (AvgIpc) is 2.39. The lowest BCUT2D eigenvalue weighted by Crippen LogP contribution is -2.55. The Bertz CT molecular complexity index is 273. The fourth-order valence-electron chi connectivity index (χ4n) is 3.01. The first-order chi connectivity index (χ1) is 8.54. The van der Waals surface area contributed by atoms with Gasteiger partial charge in [0.2, 0.25) is 0 Å². The Morgan fingerprint density at radius 1 is 1.44 bits per heavy atom. The van der Waals surface area contributed by atoms with Crippen molar-refractivity contribution in [3.8, 4) is 0 Å². The van der Waals surface area contributed by atoms with Crippen molar-refractivity contribution in [2.45, 2.75) is 63.8 Å². The molecule has 4 nitrogen and oxygen atoms in total. The van der Waals surface area contributed by atoms with Crippen molar-refractivity contribution >= 4 is 0 Å². The van der Waals surface area contributed by atoms with Crippen LogP contribution in [0.1, 0.15) is 40.0 Å². The normalized spacial score (nSPS) is 40.7. The van der Waals surface area contributed by atoms with Gasteiger partial charge in [-0.2, -0.15) is 0 Å². The monoisotopic (exact) mass is 256 g/mol. The molecule has 0 spiro atoms. The maximum absolute atomic E-state index is 5.96. The fourth-order valence-corrected chi connectivity index (χ4v) is 3.01. The first-order valence-corrected chi connectivity index (χ1v) is 7.29. The predicted molar refractivity (Wildman–Crippen MR) is 72.6 cm³/mol. The lowest BCUT2D eigenvalue weighted by molar-refractivity contribution is -0.119. The summed E-state index contributed by atoms with van der Waals surface area (Å²) in [5.74, 6) is 0. The second kappa shape index (κ2) is 5.87. The second-order valence-electron chi connectivity index (χ2n) is 6.06. The third-order valence-electron chi connectivity index (χ3n) is 4.54. The minimum absolute atomic E-state index is 0.0606. The summed E-state index contributed by atoms with van der Waals surface area (Å²) in [7, 11) is 0. The Hall–Kier alpha value is -0.160. The molecule has 2 aliphatic rings. The van der Waals surface area contributed by atoms with Gasteiger partial charge in [0, 0.05) is 31.8 Å². The Morgan fingerprint density at radius 2 is 2.22 bits per heavy atom. The average molecular weight is 256 g/mol. The molecule has 18 heavy (non-hydrogen) atoms. The number of hydrogen-bond donors (Lipinski definition) is 1. The highest BCUT2D eigenvalue weighted by molar-refractivity contribution is 4.89. The predicted octanol–water partition coefficient (Wildman–Crippen LogP) is 1.38. The molecule has 4 unspecified atom stereocenters. The molecular weight excluding hydrogens is 228 g/mol. The summed E-state index contributed by atoms with van der Waals surface area (Å²) >= 11 is 0. The molecule has 4 heteroatoms. The smallest absolute Gasteiger partial charge is 0.0850 e. The molecule has 0 amide bonds. The summed E-state index contributed by atoms with van der Waals surface area (Å²) in [4.78, 5) is 2.56. The van der Waals surface area contributed by atoms with E-state index >= 15 is 0 Å². The molecule has 0 bridgehead atoms. The van der Waals surface area contributed by atoms with Gasteiger partial charge < -0.3 is 15.2 Å². The van der Waals surface area contributed by atoms with E-state index in [1.54, 1.807) is 0 Å². The summed E-state index contributed by atoms with van der Waals surface area (Å²) in [6, 6.07) is 0.749. The zero-order valence-electron chi connectivity index (χ0n) is 12.0. The van der Waals surface area contributed by atoms with Gasteiger partial charge in [-0.15, -0.1) is 0 Å². The van der Waals surface area contributed by atoms with E-state index in [-0.39, 0.29) is 17.7 Å². The topological polar surface area (TPSA) is 47.7 Å². The van der Waals surface area contributed by atoms with Crippen molar-refractivity contribution in [2.75, 3.05) is 26.3 Å². The molecule has 0 aromatic carbocycles. The third-order valence-corrected chi connectivity index (χ3v) is 4.54. The highest BCUT2D eigenvalue weighted by Gasteiger charge is 2.36. The maximum atomic E-state index is 5.96. The van der Waals surface area contributed by atoms with Crippen LogP contribution in [0.5, 0.6) is 0 Å². The van der Waals surface area contributed by atoms with E-state index in [9.17, 15) is 0 Å². The van der Waals surface area contributed by atoms with Crippen LogP contribution in [0.25, 0.3) is 0 Å². The number of hydrogen-bond acceptors (Lipinski definition) is 4. The minimum atomic E-state index is 0.0606. The lowest BCUT2D eigenvalue weighted by atomic mass is 9.88. The van der Waals surface area contributed by atoms with Gasteiger partial charge in [-0.25, -0.2) is 0 Å². The van der Waals surface area contributed by atoms with Gasteiger partial charge in [-0.05, 0) is 33.1 Å². The van der Waals surface area contributed by atoms with Crippen LogP contribution in [-0.2, 0) is 9.47 Å². The molecule has 2 heterocycles. The third kappa shape index (κ3) is 3.23. The van der Waals surface area contributed by atoms with Crippen molar-refractivity contribution < 1.29 is 9.47 Å². The number of nitrogens with two attached hydrogens (primary N) is 1. The summed E-state index contributed by atoms with van der Waals surface area (Å²) < 4.78 is 11.7. The highest BCUT2D eigenvalue weighted by atomic mass is 16.5. The van der Waals surface area contributed by atoms with Gasteiger partial charge >= 0.3 is 0 Å². The van der Waals surface area contributed by atoms with E-state index in [1.807, 2.05) is 6.92 Å². The molecule has 0 radical (unpaired) electrons. The van der Waals surface area contributed by atoms with E-state index in [0.717, 1.165) is 45.6 Å². The molecule has 0 aromatic heterocycles. The zero-order valence-corrected chi connectivity index (χ0v) is 12.0. The van der Waals surface area contributed by atoms with E-state index in [4.69, 9.17) is 15.2 Å². The molecule has 2 N–H and O–H groups in total. The van der Waals surface area contributed by atoms with Crippen molar-refractivity contribution in [2.24, 2.45) is 5.73 Å². The van der Waals surface area contributed by atoms with Gasteiger partial charge in [0.15, 0.2) is 0 Å². The number of rotatable bonds is 3. The Kier molecular flexibility index (Phi) is 4.64. The van der Waals surface area contributed by atoms with Crippen LogP contribution < -0.4 is 5.73 Å². The molecular formula is C14H28N2O2. The maximum Gasteiger partial charge on any atom is 0.0850 e. The molecule has 4 atom stereocenters. The quantitative estimate of drug-likeness (QED) is 0.829. The van der Waals surface area contributed by atoms with Gasteiger partial charge in [0.25, 0.3) is 0 Å². The second-order valence-corrected chi connectivity index (χ2v) is 6.06. The molecule has 2 aliphatic heterocycles. The van der Waals surface area contributed by atoms with Crippen LogP contribution in [0.2, 0.25) is 0 Å². The molecule has 2 fully saturated rings. The summed E-state index contributed by atoms with van der Waals surface area (Å²) in [5, 5.41) is 0. The minimum Gasteiger partial charge on any atom is -0.375 e. The van der Waals surface area contributed by atoms with Gasteiger partial charge in [-0.3, -0.25) is 4.90 Å². The molecule has 2 saturated heterocycles. The fraction of sp³-hybridized carbons (Fsp3) is 1.00. The van der Waals surface area contributed by atoms with Crippen LogP contribution in [0, 0.1) is 0 Å². The van der Waals surface area contributed by atoms with E-state index in [0.29, 0.717) is 6.04 Å². The molecule has 106 valence electrons. The van der Waals surface area contributed by atoms with Crippen molar-refractivity contribution in [3.63, 3.8) is 0 Å². The summed E-state index contributed by atoms with van der Waals surface area (Å²) in [6.45, 7) is 10.2. The zero-order chi connectivity index (χ0) is 13.2. The van der Waals surface area contributed by atoms with Crippen LogP contribution in [0.15, 0.2) is 0 Å². The molecule has 0 saturated carbocycles. The van der Waals surface area contributed by atoms with Crippen molar-refractivity contribution in [3.05, 3.63) is 0 Å². The van der Waals surface area contributed by atoms with Crippen LogP contribution in [0.4, 0.5) is 0 Å². The first-order valence-electron chi connectivity index (χ1n) is 7.29. The Labute approximate surface area is 111 Å². The van der Waals surface area contributed by atoms with Crippen LogP contribution in [-0.4, -0.2) is 55.0 Å². The Balaban J connectivity index is 1.94. The van der Waals surface area contributed by atoms with Crippen LogP contribution >= 0.6 is 0 Å². The van der Waals surface area contributed by atoms with E-state index in [2.05, 4.69) is 18.7 Å². The lowest BCUT2D eigenvalue weighted by Gasteiger charge is -2.45. The molecule has 0 aromatic rings. The highest BCUT2D eigenvalue weighted by Crippen LogP contribution is 2.31.